The predicted molar refractivity (Wildman–Crippen MR) is 123 cm³/mol. The molecule has 0 unspecified atom stereocenters. The van der Waals surface area contributed by atoms with E-state index in [4.69, 9.17) is 0 Å². The summed E-state index contributed by atoms with van der Waals surface area (Å²) in [5.74, 6) is -0.133. The second kappa shape index (κ2) is 10.4. The summed E-state index contributed by atoms with van der Waals surface area (Å²) in [5, 5.41) is 3.01. The highest BCUT2D eigenvalue weighted by Crippen LogP contribution is 2.16. The van der Waals surface area contributed by atoms with Crippen LogP contribution in [0.15, 0.2) is 48.5 Å². The molecule has 0 bridgehead atoms. The van der Waals surface area contributed by atoms with Crippen LogP contribution in [-0.2, 0) is 29.0 Å². The van der Waals surface area contributed by atoms with E-state index in [0.29, 0.717) is 19.4 Å². The largest absolute Gasteiger partial charge is 0.350 e. The van der Waals surface area contributed by atoms with E-state index < -0.39 is 6.04 Å². The van der Waals surface area contributed by atoms with Gasteiger partial charge in [-0.3, -0.25) is 9.59 Å². The fraction of sp³-hybridized carbons (Fsp3) is 0.462. The van der Waals surface area contributed by atoms with E-state index in [9.17, 15) is 9.59 Å². The number of nitrogens with zero attached hydrogens (tertiary/aromatic N) is 1. The third-order valence-electron chi connectivity index (χ3n) is 5.33. The lowest BCUT2D eigenvalue weighted by atomic mass is 10.0. The maximum absolute atomic E-state index is 13.2. The summed E-state index contributed by atoms with van der Waals surface area (Å²) >= 11 is 0. The molecule has 0 aliphatic carbocycles. The van der Waals surface area contributed by atoms with Crippen molar-refractivity contribution in [1.29, 1.82) is 0 Å². The number of rotatable bonds is 8. The number of carbonyl (C=O) groups excluding carboxylic acids is 2. The number of hydrogen-bond donors (Lipinski definition) is 1. The lowest BCUT2D eigenvalue weighted by Crippen LogP contribution is -2.52. The van der Waals surface area contributed by atoms with E-state index in [-0.39, 0.29) is 17.4 Å². The minimum atomic E-state index is -0.543. The Bertz CT molecular complexity index is 850. The Labute approximate surface area is 181 Å². The Balaban J connectivity index is 2.16. The van der Waals surface area contributed by atoms with Crippen molar-refractivity contribution in [2.45, 2.75) is 78.9 Å². The lowest BCUT2D eigenvalue weighted by molar-refractivity contribution is -0.141. The lowest BCUT2D eigenvalue weighted by Gasteiger charge is -2.32. The molecule has 4 nitrogen and oxygen atoms in total. The van der Waals surface area contributed by atoms with Crippen LogP contribution in [0.5, 0.6) is 0 Å². The van der Waals surface area contributed by atoms with Gasteiger partial charge in [-0.05, 0) is 69.7 Å². The van der Waals surface area contributed by atoms with Crippen molar-refractivity contribution in [2.24, 2.45) is 0 Å². The number of amides is 2. The molecule has 2 aromatic rings. The molecule has 0 radical (unpaired) electrons. The summed E-state index contributed by atoms with van der Waals surface area (Å²) in [6.07, 6.45) is 2.05. The van der Waals surface area contributed by atoms with Gasteiger partial charge >= 0.3 is 0 Å². The van der Waals surface area contributed by atoms with Gasteiger partial charge in [-0.25, -0.2) is 0 Å². The van der Waals surface area contributed by atoms with Crippen molar-refractivity contribution < 1.29 is 9.59 Å². The molecule has 162 valence electrons. The molecule has 0 aliphatic heterocycles. The van der Waals surface area contributed by atoms with Crippen LogP contribution in [0.4, 0.5) is 0 Å². The van der Waals surface area contributed by atoms with Crippen LogP contribution >= 0.6 is 0 Å². The summed E-state index contributed by atoms with van der Waals surface area (Å²) in [7, 11) is 0. The van der Waals surface area contributed by atoms with E-state index in [2.05, 4.69) is 36.5 Å². The Kier molecular flexibility index (Phi) is 8.22. The average Bonchev–Trinajstić information content (AvgIpc) is 2.70. The highest BCUT2D eigenvalue weighted by molar-refractivity contribution is 5.87. The SMILES string of the molecule is CCc1ccc(CCC(=O)N(Cc2ccccc2C)[C@@H](C)C(=O)NC(C)(C)C)cc1. The normalized spacial score (nSPS) is 12.3. The fourth-order valence-electron chi connectivity index (χ4n) is 3.36. The molecule has 4 heteroatoms. The molecule has 2 aromatic carbocycles. The smallest absolute Gasteiger partial charge is 0.242 e. The zero-order chi connectivity index (χ0) is 22.3. The third kappa shape index (κ3) is 7.01. The van der Waals surface area contributed by atoms with Gasteiger partial charge < -0.3 is 10.2 Å². The van der Waals surface area contributed by atoms with E-state index in [0.717, 1.165) is 23.1 Å². The molecule has 0 aromatic heterocycles. The summed E-state index contributed by atoms with van der Waals surface area (Å²) in [5.41, 5.74) is 4.27. The topological polar surface area (TPSA) is 49.4 Å². The van der Waals surface area contributed by atoms with E-state index in [1.807, 2.05) is 58.9 Å². The summed E-state index contributed by atoms with van der Waals surface area (Å²) in [6, 6.07) is 15.9. The van der Waals surface area contributed by atoms with E-state index in [1.165, 1.54) is 5.56 Å². The molecule has 0 spiro atoms. The zero-order valence-electron chi connectivity index (χ0n) is 19.3. The van der Waals surface area contributed by atoms with Crippen LogP contribution < -0.4 is 5.32 Å². The van der Waals surface area contributed by atoms with Gasteiger partial charge in [0.2, 0.25) is 11.8 Å². The van der Waals surface area contributed by atoms with Gasteiger partial charge in [0.25, 0.3) is 0 Å². The van der Waals surface area contributed by atoms with E-state index in [1.54, 1.807) is 4.90 Å². The Hall–Kier alpha value is -2.62. The monoisotopic (exact) mass is 408 g/mol. The van der Waals surface area contributed by atoms with Gasteiger partial charge in [-0.2, -0.15) is 0 Å². The van der Waals surface area contributed by atoms with Gasteiger partial charge in [0.05, 0.1) is 0 Å². The molecular formula is C26H36N2O2. The van der Waals surface area contributed by atoms with E-state index >= 15 is 0 Å². The van der Waals surface area contributed by atoms with Gasteiger partial charge in [0, 0.05) is 18.5 Å². The molecule has 2 amide bonds. The first-order valence-electron chi connectivity index (χ1n) is 10.8. The first-order chi connectivity index (χ1) is 14.1. The minimum absolute atomic E-state index is 0.00520. The van der Waals surface area contributed by atoms with Gasteiger partial charge in [-0.1, -0.05) is 55.5 Å². The number of carbonyl (C=O) groups is 2. The highest BCUT2D eigenvalue weighted by Gasteiger charge is 2.28. The number of benzene rings is 2. The van der Waals surface area contributed by atoms with Crippen molar-refractivity contribution >= 4 is 11.8 Å². The van der Waals surface area contributed by atoms with Gasteiger partial charge in [0.1, 0.15) is 6.04 Å². The van der Waals surface area contributed by atoms with Crippen molar-refractivity contribution in [3.05, 3.63) is 70.8 Å². The molecule has 0 saturated heterocycles. The Morgan fingerprint density at radius 1 is 1.00 bits per heavy atom. The van der Waals surface area contributed by atoms with Crippen LogP contribution in [0.25, 0.3) is 0 Å². The first-order valence-corrected chi connectivity index (χ1v) is 10.8. The molecule has 2 rings (SSSR count). The van der Waals surface area contributed by atoms with Crippen LogP contribution in [0.2, 0.25) is 0 Å². The van der Waals surface area contributed by atoms with Gasteiger partial charge in [-0.15, -0.1) is 0 Å². The maximum Gasteiger partial charge on any atom is 0.242 e. The van der Waals surface area contributed by atoms with Gasteiger partial charge in [0.15, 0.2) is 0 Å². The van der Waals surface area contributed by atoms with Crippen LogP contribution in [0.1, 0.15) is 63.3 Å². The van der Waals surface area contributed by atoms with Crippen molar-refractivity contribution in [3.63, 3.8) is 0 Å². The number of nitrogens with one attached hydrogen (secondary N) is 1. The predicted octanol–water partition coefficient (Wildman–Crippen LogP) is 4.82. The molecule has 0 saturated carbocycles. The van der Waals surface area contributed by atoms with Crippen molar-refractivity contribution in [1.82, 2.24) is 10.2 Å². The van der Waals surface area contributed by atoms with Crippen LogP contribution in [0, 0.1) is 6.92 Å². The first kappa shape index (κ1) is 23.7. The van der Waals surface area contributed by atoms with Crippen LogP contribution in [-0.4, -0.2) is 28.3 Å². The second-order valence-electron chi connectivity index (χ2n) is 9.03. The second-order valence-corrected chi connectivity index (χ2v) is 9.03. The van der Waals surface area contributed by atoms with Crippen LogP contribution in [0.3, 0.4) is 0 Å². The molecule has 1 atom stereocenters. The Morgan fingerprint density at radius 3 is 2.17 bits per heavy atom. The maximum atomic E-state index is 13.2. The minimum Gasteiger partial charge on any atom is -0.350 e. The molecular weight excluding hydrogens is 372 g/mol. The fourth-order valence-corrected chi connectivity index (χ4v) is 3.36. The molecule has 1 N–H and O–H groups in total. The Morgan fingerprint density at radius 2 is 1.60 bits per heavy atom. The molecule has 0 aliphatic rings. The summed E-state index contributed by atoms with van der Waals surface area (Å²) < 4.78 is 0. The highest BCUT2D eigenvalue weighted by atomic mass is 16.2. The zero-order valence-corrected chi connectivity index (χ0v) is 19.3. The number of aryl methyl sites for hydroxylation is 3. The standard InChI is InChI=1S/C26H36N2O2/c1-7-21-12-14-22(15-13-21)16-17-24(29)28(18-23-11-9-8-10-19(23)2)20(3)25(30)27-26(4,5)6/h8-15,20H,7,16-18H2,1-6H3,(H,27,30)/t20-/m0/s1. The van der Waals surface area contributed by atoms with Crippen molar-refractivity contribution in [3.8, 4) is 0 Å². The quantitative estimate of drug-likeness (QED) is 0.681. The average molecular weight is 409 g/mol. The van der Waals surface area contributed by atoms with Crippen molar-refractivity contribution in [2.75, 3.05) is 0 Å². The molecule has 0 heterocycles. The molecule has 30 heavy (non-hydrogen) atoms. The number of hydrogen-bond acceptors (Lipinski definition) is 2. The molecule has 0 fully saturated rings. The summed E-state index contributed by atoms with van der Waals surface area (Å²) in [4.78, 5) is 27.7. The third-order valence-corrected chi connectivity index (χ3v) is 5.33. The summed E-state index contributed by atoms with van der Waals surface area (Å²) in [6.45, 7) is 12.3.